The average Bonchev–Trinajstić information content (AvgIpc) is 2.18. The summed E-state index contributed by atoms with van der Waals surface area (Å²) in [6.45, 7) is 4.89. The number of hydrogen-bond donors (Lipinski definition) is 1. The molecule has 0 bridgehead atoms. The van der Waals surface area contributed by atoms with Crippen LogP contribution in [0.1, 0.15) is 45.4 Å². The minimum atomic E-state index is 0.609. The maximum absolute atomic E-state index is 3.62. The van der Waals surface area contributed by atoms with Crippen LogP contribution in [-0.2, 0) is 0 Å². The van der Waals surface area contributed by atoms with Gasteiger partial charge < -0.3 is 5.32 Å². The quantitative estimate of drug-likeness (QED) is 0.682. The zero-order valence-electron chi connectivity index (χ0n) is 9.77. The molecule has 14 heavy (non-hydrogen) atoms. The van der Waals surface area contributed by atoms with Crippen LogP contribution in [0, 0.1) is 5.41 Å². The molecular weight excluding hydrogens is 190 g/mol. The molecule has 0 saturated heterocycles. The molecule has 1 nitrogen and oxygen atoms in total. The van der Waals surface area contributed by atoms with Gasteiger partial charge in [-0.2, -0.15) is 11.8 Å². The van der Waals surface area contributed by atoms with Crippen LogP contribution < -0.4 is 5.32 Å². The van der Waals surface area contributed by atoms with Gasteiger partial charge in [0.2, 0.25) is 0 Å². The van der Waals surface area contributed by atoms with E-state index in [0.29, 0.717) is 5.41 Å². The predicted octanol–water partition coefficient (Wildman–Crippen LogP) is 3.30. The van der Waals surface area contributed by atoms with Gasteiger partial charge in [0.05, 0.1) is 0 Å². The molecule has 0 spiro atoms. The zero-order chi connectivity index (χ0) is 10.3. The Labute approximate surface area is 93.4 Å². The third-order valence-corrected chi connectivity index (χ3v) is 4.01. The predicted molar refractivity (Wildman–Crippen MR) is 67.1 cm³/mol. The van der Waals surface area contributed by atoms with Gasteiger partial charge in [-0.1, -0.05) is 26.2 Å². The molecule has 1 aliphatic carbocycles. The van der Waals surface area contributed by atoms with Crippen LogP contribution in [0.25, 0.3) is 0 Å². The molecule has 0 heterocycles. The lowest BCUT2D eigenvalue weighted by atomic mass is 9.76. The molecule has 0 aromatic carbocycles. The first-order valence-corrected chi connectivity index (χ1v) is 7.36. The number of hydrogen-bond acceptors (Lipinski definition) is 2. The number of thioether (sulfide) groups is 1. The summed E-state index contributed by atoms with van der Waals surface area (Å²) in [5, 5.41) is 3.62. The molecule has 1 aliphatic rings. The Balaban J connectivity index is 2.03. The lowest BCUT2D eigenvalue weighted by Crippen LogP contribution is -2.34. The summed E-state index contributed by atoms with van der Waals surface area (Å²) in [5.41, 5.74) is 0.609. The van der Waals surface area contributed by atoms with Gasteiger partial charge in [-0.05, 0) is 43.2 Å². The number of rotatable bonds is 6. The highest BCUT2D eigenvalue weighted by molar-refractivity contribution is 7.98. The Morgan fingerprint density at radius 1 is 1.21 bits per heavy atom. The minimum absolute atomic E-state index is 0.609. The number of nitrogens with one attached hydrogen (secondary N) is 1. The Morgan fingerprint density at radius 3 is 2.57 bits per heavy atom. The van der Waals surface area contributed by atoms with E-state index < -0.39 is 0 Å². The highest BCUT2D eigenvalue weighted by Crippen LogP contribution is 2.34. The molecule has 0 atom stereocenters. The largest absolute Gasteiger partial charge is 0.316 e. The van der Waals surface area contributed by atoms with Crippen LogP contribution in [0.2, 0.25) is 0 Å². The maximum Gasteiger partial charge on any atom is 0.000516 e. The first-order chi connectivity index (χ1) is 6.77. The fourth-order valence-electron chi connectivity index (χ4n) is 2.31. The monoisotopic (exact) mass is 215 g/mol. The minimum Gasteiger partial charge on any atom is -0.316 e. The highest BCUT2D eigenvalue weighted by Gasteiger charge is 2.25. The maximum atomic E-state index is 3.62. The van der Waals surface area contributed by atoms with E-state index in [-0.39, 0.29) is 0 Å². The summed E-state index contributed by atoms with van der Waals surface area (Å²) in [6.07, 6.45) is 10.7. The van der Waals surface area contributed by atoms with Gasteiger partial charge in [0.1, 0.15) is 0 Å². The third-order valence-electron chi connectivity index (χ3n) is 3.31. The summed E-state index contributed by atoms with van der Waals surface area (Å²) in [7, 11) is 0. The molecular formula is C12H25NS. The van der Waals surface area contributed by atoms with E-state index >= 15 is 0 Å². The zero-order valence-corrected chi connectivity index (χ0v) is 10.6. The standard InChI is InChI=1S/C12H25NS/c1-12(7-4-3-5-8-12)11-13-9-6-10-14-2/h13H,3-11H2,1-2H3. The van der Waals surface area contributed by atoms with E-state index in [1.165, 1.54) is 57.4 Å². The van der Waals surface area contributed by atoms with Crippen LogP contribution in [-0.4, -0.2) is 25.1 Å². The Bertz CT molecular complexity index is 141. The second kappa shape index (κ2) is 6.73. The van der Waals surface area contributed by atoms with Gasteiger partial charge in [0.25, 0.3) is 0 Å². The van der Waals surface area contributed by atoms with Gasteiger partial charge in [0, 0.05) is 6.54 Å². The first-order valence-electron chi connectivity index (χ1n) is 5.96. The molecule has 2 heteroatoms. The van der Waals surface area contributed by atoms with Crippen LogP contribution >= 0.6 is 11.8 Å². The molecule has 1 saturated carbocycles. The first kappa shape index (κ1) is 12.4. The molecule has 84 valence electrons. The summed E-state index contributed by atoms with van der Waals surface area (Å²) in [4.78, 5) is 0. The van der Waals surface area contributed by atoms with Crippen molar-refractivity contribution < 1.29 is 0 Å². The molecule has 0 unspecified atom stereocenters. The van der Waals surface area contributed by atoms with Crippen molar-refractivity contribution in [2.45, 2.75) is 45.4 Å². The molecule has 1 fully saturated rings. The summed E-state index contributed by atoms with van der Waals surface area (Å²) in [6, 6.07) is 0. The van der Waals surface area contributed by atoms with Crippen molar-refractivity contribution in [3.05, 3.63) is 0 Å². The van der Waals surface area contributed by atoms with Crippen molar-refractivity contribution in [3.8, 4) is 0 Å². The SMILES string of the molecule is CSCCCNCC1(C)CCCCC1. The molecule has 0 aromatic rings. The molecule has 0 radical (unpaired) electrons. The Hall–Kier alpha value is 0.310. The van der Waals surface area contributed by atoms with Crippen molar-refractivity contribution in [1.82, 2.24) is 5.32 Å². The molecule has 1 rings (SSSR count). The second-order valence-electron chi connectivity index (χ2n) is 4.89. The van der Waals surface area contributed by atoms with Gasteiger partial charge in [0.15, 0.2) is 0 Å². The Morgan fingerprint density at radius 2 is 1.93 bits per heavy atom. The van der Waals surface area contributed by atoms with E-state index in [4.69, 9.17) is 0 Å². The van der Waals surface area contributed by atoms with Gasteiger partial charge in [-0.15, -0.1) is 0 Å². The topological polar surface area (TPSA) is 12.0 Å². The summed E-state index contributed by atoms with van der Waals surface area (Å²) >= 11 is 1.95. The molecule has 0 amide bonds. The van der Waals surface area contributed by atoms with Gasteiger partial charge in [-0.25, -0.2) is 0 Å². The molecule has 1 N–H and O–H groups in total. The second-order valence-corrected chi connectivity index (χ2v) is 5.88. The van der Waals surface area contributed by atoms with Crippen molar-refractivity contribution in [1.29, 1.82) is 0 Å². The van der Waals surface area contributed by atoms with Crippen molar-refractivity contribution in [3.63, 3.8) is 0 Å². The Kier molecular flexibility index (Phi) is 5.95. The summed E-state index contributed by atoms with van der Waals surface area (Å²) < 4.78 is 0. The molecule has 0 aromatic heterocycles. The van der Waals surface area contributed by atoms with Crippen LogP contribution in [0.3, 0.4) is 0 Å². The van der Waals surface area contributed by atoms with Crippen LogP contribution in [0.15, 0.2) is 0 Å². The normalized spacial score (nSPS) is 21.0. The smallest absolute Gasteiger partial charge is 0.000516 e. The van der Waals surface area contributed by atoms with Gasteiger partial charge >= 0.3 is 0 Å². The highest BCUT2D eigenvalue weighted by atomic mass is 32.2. The third kappa shape index (κ3) is 4.70. The van der Waals surface area contributed by atoms with Crippen molar-refractivity contribution in [2.24, 2.45) is 5.41 Å². The van der Waals surface area contributed by atoms with Crippen molar-refractivity contribution in [2.75, 3.05) is 25.1 Å². The fourth-order valence-corrected chi connectivity index (χ4v) is 2.75. The summed E-state index contributed by atoms with van der Waals surface area (Å²) in [5.74, 6) is 1.30. The lowest BCUT2D eigenvalue weighted by Gasteiger charge is -2.33. The fraction of sp³-hybridized carbons (Fsp3) is 1.00. The van der Waals surface area contributed by atoms with E-state index in [9.17, 15) is 0 Å². The lowest BCUT2D eigenvalue weighted by molar-refractivity contribution is 0.208. The average molecular weight is 215 g/mol. The van der Waals surface area contributed by atoms with E-state index in [1.54, 1.807) is 0 Å². The van der Waals surface area contributed by atoms with Crippen LogP contribution in [0.5, 0.6) is 0 Å². The van der Waals surface area contributed by atoms with E-state index in [1.807, 2.05) is 11.8 Å². The van der Waals surface area contributed by atoms with Crippen molar-refractivity contribution >= 4 is 11.8 Å². The van der Waals surface area contributed by atoms with E-state index in [0.717, 1.165) is 0 Å². The van der Waals surface area contributed by atoms with E-state index in [2.05, 4.69) is 18.5 Å². The van der Waals surface area contributed by atoms with Crippen LogP contribution in [0.4, 0.5) is 0 Å². The van der Waals surface area contributed by atoms with Gasteiger partial charge in [-0.3, -0.25) is 0 Å². The molecule has 0 aliphatic heterocycles.